The maximum atomic E-state index is 12.9. The van der Waals surface area contributed by atoms with E-state index in [1.165, 1.54) is 29.2 Å². The molecule has 0 saturated carbocycles. The van der Waals surface area contributed by atoms with Gasteiger partial charge in [0.25, 0.3) is 0 Å². The van der Waals surface area contributed by atoms with E-state index in [4.69, 9.17) is 16.3 Å². The number of hydrogen-bond donors (Lipinski definition) is 0. The molecule has 0 N–H and O–H groups in total. The van der Waals surface area contributed by atoms with Crippen LogP contribution in [0, 0.1) is 5.82 Å². The lowest BCUT2D eigenvalue weighted by Gasteiger charge is -2.32. The number of rotatable bonds is 4. The van der Waals surface area contributed by atoms with Gasteiger partial charge in [0.15, 0.2) is 16.6 Å². The quantitative estimate of drug-likeness (QED) is 0.732. The van der Waals surface area contributed by atoms with Crippen molar-refractivity contribution in [1.29, 1.82) is 0 Å². The van der Waals surface area contributed by atoms with Crippen LogP contribution < -0.4 is 4.90 Å². The molecular weight excluding hydrogens is 355 g/mol. The number of carbonyl (C=O) groups is 2. The maximum absolute atomic E-state index is 12.9. The summed E-state index contributed by atoms with van der Waals surface area (Å²) in [5.41, 5.74) is 0.0191. The van der Waals surface area contributed by atoms with Crippen molar-refractivity contribution in [3.05, 3.63) is 45.7 Å². The number of amides is 1. The fraction of sp³-hybridized carbons (Fsp3) is 0.312. The summed E-state index contributed by atoms with van der Waals surface area (Å²) in [6.07, 6.45) is -0.0385. The molecule has 0 bridgehead atoms. The van der Waals surface area contributed by atoms with Gasteiger partial charge in [-0.05, 0) is 38.5 Å². The van der Waals surface area contributed by atoms with Gasteiger partial charge < -0.3 is 4.74 Å². The number of hydrogen-bond acceptors (Lipinski definition) is 5. The second kappa shape index (κ2) is 7.27. The molecule has 0 unspecified atom stereocenters. The first-order valence-corrected chi connectivity index (χ1v) is 8.24. The summed E-state index contributed by atoms with van der Waals surface area (Å²) in [6.45, 7) is 5.41. The number of thiazole rings is 1. The third kappa shape index (κ3) is 4.30. The second-order valence-corrected chi connectivity index (χ2v) is 7.32. The van der Waals surface area contributed by atoms with Gasteiger partial charge in [-0.3, -0.25) is 4.79 Å². The summed E-state index contributed by atoms with van der Waals surface area (Å²) in [5.74, 6) is -0.361. The third-order valence-electron chi connectivity index (χ3n) is 3.03. The van der Waals surface area contributed by atoms with Gasteiger partial charge in [-0.25, -0.2) is 19.1 Å². The molecule has 5 nitrogen and oxygen atoms in total. The predicted molar refractivity (Wildman–Crippen MR) is 91.3 cm³/mol. The topological polar surface area (TPSA) is 59.5 Å². The third-order valence-corrected chi connectivity index (χ3v) is 4.39. The van der Waals surface area contributed by atoms with E-state index < -0.39 is 11.6 Å². The summed E-state index contributed by atoms with van der Waals surface area (Å²) >= 11 is 6.90. The van der Waals surface area contributed by atoms with Gasteiger partial charge in [-0.1, -0.05) is 35.1 Å². The molecule has 0 aliphatic heterocycles. The Morgan fingerprint density at radius 3 is 2.50 bits per heavy atom. The Morgan fingerprint density at radius 2 is 2.00 bits per heavy atom. The van der Waals surface area contributed by atoms with Crippen molar-refractivity contribution in [3.63, 3.8) is 0 Å². The molecule has 128 valence electrons. The van der Waals surface area contributed by atoms with E-state index in [9.17, 15) is 14.0 Å². The van der Waals surface area contributed by atoms with Crippen LogP contribution in [0.4, 0.5) is 14.3 Å². The van der Waals surface area contributed by atoms with E-state index >= 15 is 0 Å². The first-order valence-electron chi connectivity index (χ1n) is 7.05. The highest BCUT2D eigenvalue weighted by Crippen LogP contribution is 2.33. The lowest BCUT2D eigenvalue weighted by atomic mass is 10.1. The zero-order valence-electron chi connectivity index (χ0n) is 13.4. The molecule has 2 rings (SSSR count). The number of nitrogens with zero attached hydrogens (tertiary/aromatic N) is 2. The fourth-order valence-corrected chi connectivity index (χ4v) is 3.14. The van der Waals surface area contributed by atoms with Crippen LogP contribution in [-0.2, 0) is 11.3 Å². The number of benzene rings is 1. The van der Waals surface area contributed by atoms with Crippen LogP contribution in [0.2, 0.25) is 5.15 Å². The van der Waals surface area contributed by atoms with Crippen LogP contribution in [0.3, 0.4) is 0 Å². The molecular formula is C16H16ClFN2O3S. The van der Waals surface area contributed by atoms with Crippen LogP contribution in [-0.4, -0.2) is 22.9 Å². The first kappa shape index (κ1) is 18.4. The normalized spacial score (nSPS) is 11.2. The fourth-order valence-electron chi connectivity index (χ4n) is 1.90. The number of carbonyl (C=O) groups excluding carboxylic acids is 2. The van der Waals surface area contributed by atoms with Crippen LogP contribution in [0.15, 0.2) is 24.3 Å². The zero-order chi connectivity index (χ0) is 17.9. The van der Waals surface area contributed by atoms with E-state index in [1.807, 2.05) is 20.8 Å². The standard InChI is InChI=1S/C16H16ClFN2O3S/c1-16(2,3)20(14-19-13(17)12(8-21)24-14)15(22)23-9-10-4-6-11(18)7-5-10/h4-8H,9H2,1-3H3. The lowest BCUT2D eigenvalue weighted by Crippen LogP contribution is -2.46. The largest absolute Gasteiger partial charge is 0.444 e. The smallest absolute Gasteiger partial charge is 0.416 e. The average Bonchev–Trinajstić information content (AvgIpc) is 2.85. The number of aromatic nitrogens is 1. The summed E-state index contributed by atoms with van der Waals surface area (Å²) < 4.78 is 18.2. The van der Waals surface area contributed by atoms with E-state index in [0.29, 0.717) is 11.8 Å². The van der Waals surface area contributed by atoms with Gasteiger partial charge >= 0.3 is 6.09 Å². The van der Waals surface area contributed by atoms with Gasteiger partial charge in [0.1, 0.15) is 17.3 Å². The van der Waals surface area contributed by atoms with Crippen LogP contribution >= 0.6 is 22.9 Å². The van der Waals surface area contributed by atoms with Crippen LogP contribution in [0.1, 0.15) is 36.0 Å². The second-order valence-electron chi connectivity index (χ2n) is 5.96. The molecule has 0 aliphatic carbocycles. The number of anilines is 1. The van der Waals surface area contributed by atoms with Gasteiger partial charge in [-0.15, -0.1) is 0 Å². The number of ether oxygens (including phenoxy) is 1. The SMILES string of the molecule is CC(C)(C)N(C(=O)OCc1ccc(F)cc1)c1nc(Cl)c(C=O)s1. The van der Waals surface area contributed by atoms with Crippen molar-refractivity contribution in [2.24, 2.45) is 0 Å². The predicted octanol–water partition coefficient (Wildman–Crippen LogP) is 4.69. The van der Waals surface area contributed by atoms with Crippen molar-refractivity contribution in [2.45, 2.75) is 32.9 Å². The molecule has 24 heavy (non-hydrogen) atoms. The zero-order valence-corrected chi connectivity index (χ0v) is 14.9. The average molecular weight is 371 g/mol. The molecule has 0 atom stereocenters. The molecule has 0 saturated heterocycles. The summed E-state index contributed by atoms with van der Waals surface area (Å²) in [4.78, 5) is 29.1. The van der Waals surface area contributed by atoms with Gasteiger partial charge in [0.05, 0.1) is 0 Å². The van der Waals surface area contributed by atoms with E-state index in [2.05, 4.69) is 4.98 Å². The van der Waals surface area contributed by atoms with Gasteiger partial charge in [-0.2, -0.15) is 0 Å². The Balaban J connectivity index is 2.19. The van der Waals surface area contributed by atoms with Gasteiger partial charge in [0, 0.05) is 5.54 Å². The highest BCUT2D eigenvalue weighted by Gasteiger charge is 2.32. The Labute approximate surface area is 148 Å². The first-order chi connectivity index (χ1) is 11.2. The number of halogens is 2. The van der Waals surface area contributed by atoms with E-state index in [1.54, 1.807) is 0 Å². The van der Waals surface area contributed by atoms with Crippen LogP contribution in [0.5, 0.6) is 0 Å². The molecule has 0 aliphatic rings. The monoisotopic (exact) mass is 370 g/mol. The highest BCUT2D eigenvalue weighted by molar-refractivity contribution is 7.17. The Bertz CT molecular complexity index is 741. The van der Waals surface area contributed by atoms with Crippen LogP contribution in [0.25, 0.3) is 0 Å². The minimum atomic E-state index is -0.638. The minimum Gasteiger partial charge on any atom is -0.444 e. The van der Waals surface area contributed by atoms with E-state index in [0.717, 1.165) is 11.3 Å². The Morgan fingerprint density at radius 1 is 1.38 bits per heavy atom. The van der Waals surface area contributed by atoms with Crippen molar-refractivity contribution in [3.8, 4) is 0 Å². The van der Waals surface area contributed by atoms with Crippen molar-refractivity contribution >= 4 is 40.4 Å². The van der Waals surface area contributed by atoms with Gasteiger partial charge in [0.2, 0.25) is 0 Å². The maximum Gasteiger partial charge on any atom is 0.416 e. The van der Waals surface area contributed by atoms with E-state index in [-0.39, 0.29) is 27.6 Å². The molecule has 0 spiro atoms. The molecule has 0 radical (unpaired) electrons. The molecule has 1 heterocycles. The summed E-state index contributed by atoms with van der Waals surface area (Å²) in [7, 11) is 0. The summed E-state index contributed by atoms with van der Waals surface area (Å²) in [5, 5.41) is 0.323. The summed E-state index contributed by atoms with van der Waals surface area (Å²) in [6, 6.07) is 5.66. The molecule has 1 amide bonds. The minimum absolute atomic E-state index is 0.00859. The Kier molecular flexibility index (Phi) is 5.56. The molecule has 1 aromatic carbocycles. The van der Waals surface area contributed by atoms with Crippen molar-refractivity contribution in [2.75, 3.05) is 4.90 Å². The molecule has 0 fully saturated rings. The van der Waals surface area contributed by atoms with Crippen molar-refractivity contribution in [1.82, 2.24) is 4.98 Å². The molecule has 8 heteroatoms. The molecule has 1 aromatic heterocycles. The van der Waals surface area contributed by atoms with Crippen molar-refractivity contribution < 1.29 is 18.7 Å². The lowest BCUT2D eigenvalue weighted by molar-refractivity contribution is 0.112. The molecule has 2 aromatic rings. The number of aldehydes is 1. The Hall–Kier alpha value is -1.99. The highest BCUT2D eigenvalue weighted by atomic mass is 35.5.